The maximum absolute atomic E-state index is 3.92. The van der Waals surface area contributed by atoms with Gasteiger partial charge in [0.25, 0.3) is 0 Å². The molecule has 0 heterocycles. The second kappa shape index (κ2) is 19.8. The van der Waals surface area contributed by atoms with E-state index < -0.39 is 0 Å². The maximum Gasteiger partial charge on any atom is -0.0239 e. The molecule has 0 fully saturated rings. The van der Waals surface area contributed by atoms with Crippen LogP contribution in [0, 0.1) is 5.92 Å². The summed E-state index contributed by atoms with van der Waals surface area (Å²) in [6.07, 6.45) is 28.1. The van der Waals surface area contributed by atoms with Crippen LogP contribution in [-0.4, -0.2) is 0 Å². The molecule has 0 saturated heterocycles. The summed E-state index contributed by atoms with van der Waals surface area (Å²) in [6, 6.07) is 0. The Hall–Kier alpha value is -0.260. The van der Waals surface area contributed by atoms with Crippen molar-refractivity contribution in [1.29, 1.82) is 0 Å². The molecule has 0 amide bonds. The summed E-state index contributed by atoms with van der Waals surface area (Å²) in [7, 11) is 0. The van der Waals surface area contributed by atoms with E-state index in [1.165, 1.54) is 116 Å². The van der Waals surface area contributed by atoms with Gasteiger partial charge >= 0.3 is 0 Å². The lowest BCUT2D eigenvalue weighted by molar-refractivity contribution is 0.499. The first-order valence-corrected chi connectivity index (χ1v) is 11.0. The van der Waals surface area contributed by atoms with Crippen LogP contribution in [0.2, 0.25) is 0 Å². The minimum Gasteiger partial charge on any atom is -0.103 e. The normalized spacial score (nSPS) is 12.4. The fraction of sp³-hybridized carbons (Fsp3) is 0.913. The van der Waals surface area contributed by atoms with Crippen molar-refractivity contribution in [3.05, 3.63) is 12.7 Å². The van der Waals surface area contributed by atoms with Crippen molar-refractivity contribution in [2.45, 2.75) is 129 Å². The average Bonchev–Trinajstić information content (AvgIpc) is 2.58. The Morgan fingerprint density at radius 2 is 0.913 bits per heavy atom. The summed E-state index contributed by atoms with van der Waals surface area (Å²) < 4.78 is 0. The highest BCUT2D eigenvalue weighted by Gasteiger charge is 2.00. The molecule has 0 nitrogen and oxygen atoms in total. The zero-order valence-electron chi connectivity index (χ0n) is 16.6. The van der Waals surface area contributed by atoms with Gasteiger partial charge in [-0.2, -0.15) is 0 Å². The summed E-state index contributed by atoms with van der Waals surface area (Å²) in [6.45, 7) is 8.50. The standard InChI is InChI=1S/C23H46/c1-4-7-8-9-10-11-12-13-14-15-16-17-18-19-20-21-22-23(5-2)6-3/h5,23H,2,4,6-22H2,1,3H3. The van der Waals surface area contributed by atoms with Gasteiger partial charge in [-0.15, -0.1) is 6.58 Å². The van der Waals surface area contributed by atoms with Crippen LogP contribution in [0.1, 0.15) is 129 Å². The van der Waals surface area contributed by atoms with Crippen LogP contribution >= 0.6 is 0 Å². The molecule has 138 valence electrons. The average molecular weight is 323 g/mol. The van der Waals surface area contributed by atoms with Gasteiger partial charge in [0.15, 0.2) is 0 Å². The van der Waals surface area contributed by atoms with E-state index in [2.05, 4.69) is 26.5 Å². The molecule has 0 aliphatic carbocycles. The molecule has 0 aromatic heterocycles. The van der Waals surface area contributed by atoms with Crippen molar-refractivity contribution >= 4 is 0 Å². The van der Waals surface area contributed by atoms with E-state index in [4.69, 9.17) is 0 Å². The van der Waals surface area contributed by atoms with Gasteiger partial charge in [0.2, 0.25) is 0 Å². The van der Waals surface area contributed by atoms with Gasteiger partial charge in [-0.25, -0.2) is 0 Å². The molecule has 0 spiro atoms. The summed E-state index contributed by atoms with van der Waals surface area (Å²) in [4.78, 5) is 0. The lowest BCUT2D eigenvalue weighted by atomic mass is 9.98. The van der Waals surface area contributed by atoms with Crippen molar-refractivity contribution in [1.82, 2.24) is 0 Å². The van der Waals surface area contributed by atoms with Crippen LogP contribution in [-0.2, 0) is 0 Å². The van der Waals surface area contributed by atoms with Gasteiger partial charge in [0.1, 0.15) is 0 Å². The van der Waals surface area contributed by atoms with Gasteiger partial charge in [-0.1, -0.05) is 123 Å². The highest BCUT2D eigenvalue weighted by molar-refractivity contribution is 4.77. The fourth-order valence-electron chi connectivity index (χ4n) is 3.44. The summed E-state index contributed by atoms with van der Waals surface area (Å²) in [5.41, 5.74) is 0. The molecule has 0 rings (SSSR count). The van der Waals surface area contributed by atoms with Crippen molar-refractivity contribution in [3.63, 3.8) is 0 Å². The quantitative estimate of drug-likeness (QED) is 0.164. The molecule has 0 aliphatic heterocycles. The molecular formula is C23H46. The Labute approximate surface area is 148 Å². The smallest absolute Gasteiger partial charge is 0.0239 e. The van der Waals surface area contributed by atoms with E-state index in [1.807, 2.05) is 0 Å². The number of unbranched alkanes of at least 4 members (excludes halogenated alkanes) is 15. The van der Waals surface area contributed by atoms with Gasteiger partial charge in [-0.3, -0.25) is 0 Å². The SMILES string of the molecule is C=CC(CC)CCCCCCCCCCCCCCCCCC. The minimum absolute atomic E-state index is 0.765. The molecule has 0 N–H and O–H groups in total. The van der Waals surface area contributed by atoms with E-state index in [1.54, 1.807) is 0 Å². The topological polar surface area (TPSA) is 0 Å². The Morgan fingerprint density at radius 1 is 0.565 bits per heavy atom. The molecule has 0 aromatic carbocycles. The number of rotatable bonds is 19. The Morgan fingerprint density at radius 3 is 1.22 bits per heavy atom. The van der Waals surface area contributed by atoms with Crippen molar-refractivity contribution in [3.8, 4) is 0 Å². The molecule has 0 heteroatoms. The third-order valence-corrected chi connectivity index (χ3v) is 5.29. The molecular weight excluding hydrogens is 276 g/mol. The molecule has 0 aromatic rings. The summed E-state index contributed by atoms with van der Waals surface area (Å²) in [5.74, 6) is 0.765. The summed E-state index contributed by atoms with van der Waals surface area (Å²) in [5, 5.41) is 0. The lowest BCUT2D eigenvalue weighted by Gasteiger charge is -2.08. The zero-order chi connectivity index (χ0) is 17.0. The molecule has 0 saturated carbocycles. The zero-order valence-corrected chi connectivity index (χ0v) is 16.6. The first kappa shape index (κ1) is 22.7. The van der Waals surface area contributed by atoms with Crippen LogP contribution in [0.4, 0.5) is 0 Å². The second-order valence-corrected chi connectivity index (χ2v) is 7.50. The lowest BCUT2D eigenvalue weighted by Crippen LogP contribution is -1.93. The number of hydrogen-bond donors (Lipinski definition) is 0. The molecule has 0 aliphatic rings. The third-order valence-electron chi connectivity index (χ3n) is 5.29. The van der Waals surface area contributed by atoms with E-state index >= 15 is 0 Å². The van der Waals surface area contributed by atoms with E-state index in [-0.39, 0.29) is 0 Å². The summed E-state index contributed by atoms with van der Waals surface area (Å²) >= 11 is 0. The molecule has 23 heavy (non-hydrogen) atoms. The van der Waals surface area contributed by atoms with Crippen molar-refractivity contribution < 1.29 is 0 Å². The first-order chi connectivity index (χ1) is 11.3. The van der Waals surface area contributed by atoms with E-state index in [0.29, 0.717) is 0 Å². The first-order valence-electron chi connectivity index (χ1n) is 11.0. The van der Waals surface area contributed by atoms with Crippen LogP contribution in [0.5, 0.6) is 0 Å². The molecule has 0 bridgehead atoms. The van der Waals surface area contributed by atoms with Crippen LogP contribution in [0.15, 0.2) is 12.7 Å². The third kappa shape index (κ3) is 17.9. The molecule has 1 atom stereocenters. The van der Waals surface area contributed by atoms with Crippen LogP contribution in [0.25, 0.3) is 0 Å². The Kier molecular flexibility index (Phi) is 19.6. The predicted molar refractivity (Wildman–Crippen MR) is 108 cm³/mol. The van der Waals surface area contributed by atoms with Gasteiger partial charge < -0.3 is 0 Å². The maximum atomic E-state index is 3.92. The largest absolute Gasteiger partial charge is 0.103 e. The fourth-order valence-corrected chi connectivity index (χ4v) is 3.44. The van der Waals surface area contributed by atoms with Crippen molar-refractivity contribution in [2.24, 2.45) is 5.92 Å². The highest BCUT2D eigenvalue weighted by Crippen LogP contribution is 2.17. The highest BCUT2D eigenvalue weighted by atomic mass is 14.1. The van der Waals surface area contributed by atoms with Gasteiger partial charge in [0, 0.05) is 0 Å². The second-order valence-electron chi connectivity index (χ2n) is 7.50. The Bertz CT molecular complexity index is 218. The number of allylic oxidation sites excluding steroid dienone is 1. The van der Waals surface area contributed by atoms with Gasteiger partial charge in [0.05, 0.1) is 0 Å². The minimum atomic E-state index is 0.765. The van der Waals surface area contributed by atoms with Gasteiger partial charge in [-0.05, 0) is 18.8 Å². The van der Waals surface area contributed by atoms with Crippen LogP contribution < -0.4 is 0 Å². The molecule has 0 radical (unpaired) electrons. The predicted octanol–water partition coefficient (Wildman–Crippen LogP) is 8.85. The Balaban J connectivity index is 3.04. The van der Waals surface area contributed by atoms with Crippen LogP contribution in [0.3, 0.4) is 0 Å². The van der Waals surface area contributed by atoms with E-state index in [0.717, 1.165) is 5.92 Å². The number of hydrogen-bond acceptors (Lipinski definition) is 0. The van der Waals surface area contributed by atoms with Crippen molar-refractivity contribution in [2.75, 3.05) is 0 Å². The van der Waals surface area contributed by atoms with E-state index in [9.17, 15) is 0 Å². The monoisotopic (exact) mass is 322 g/mol. The molecule has 1 unspecified atom stereocenters.